The summed E-state index contributed by atoms with van der Waals surface area (Å²) in [5.74, 6) is -0.824. The maximum Gasteiger partial charge on any atom is 0.317 e. The number of rotatable bonds is 7. The Labute approximate surface area is 116 Å². The van der Waals surface area contributed by atoms with Gasteiger partial charge in [0, 0.05) is 24.2 Å². The molecule has 4 nitrogen and oxygen atoms in total. The van der Waals surface area contributed by atoms with E-state index in [0.717, 1.165) is 10.0 Å². The lowest BCUT2D eigenvalue weighted by Gasteiger charge is -2.27. The van der Waals surface area contributed by atoms with Crippen molar-refractivity contribution in [3.8, 4) is 0 Å². The molecule has 1 N–H and O–H groups in total. The van der Waals surface area contributed by atoms with Gasteiger partial charge in [-0.3, -0.25) is 9.69 Å². The molecule has 0 spiro atoms. The number of aliphatic carboxylic acids is 1. The second-order valence-electron chi connectivity index (χ2n) is 4.08. The highest BCUT2D eigenvalue weighted by molar-refractivity contribution is 9.10. The Morgan fingerprint density at radius 1 is 1.44 bits per heavy atom. The minimum atomic E-state index is -0.824. The summed E-state index contributed by atoms with van der Waals surface area (Å²) in [7, 11) is 1.61. The molecule has 0 amide bonds. The molecule has 0 bridgehead atoms. The van der Waals surface area contributed by atoms with Crippen LogP contribution in [0.3, 0.4) is 0 Å². The summed E-state index contributed by atoms with van der Waals surface area (Å²) in [6.45, 7) is 3.14. The second kappa shape index (κ2) is 7.51. The van der Waals surface area contributed by atoms with Gasteiger partial charge in [0.25, 0.3) is 0 Å². The zero-order valence-corrected chi connectivity index (χ0v) is 12.2. The van der Waals surface area contributed by atoms with Crippen LogP contribution in [0.2, 0.25) is 0 Å². The monoisotopic (exact) mass is 315 g/mol. The lowest BCUT2D eigenvalue weighted by molar-refractivity contribution is -0.139. The summed E-state index contributed by atoms with van der Waals surface area (Å²) in [5, 5.41) is 8.93. The highest BCUT2D eigenvalue weighted by Crippen LogP contribution is 2.21. The zero-order chi connectivity index (χ0) is 13.5. The molecule has 0 saturated carbocycles. The van der Waals surface area contributed by atoms with E-state index in [1.165, 1.54) is 0 Å². The summed E-state index contributed by atoms with van der Waals surface area (Å²) in [4.78, 5) is 12.8. The van der Waals surface area contributed by atoms with Gasteiger partial charge in [0.15, 0.2) is 0 Å². The Bertz CT molecular complexity index is 380. The number of ether oxygens (including phenoxy) is 1. The van der Waals surface area contributed by atoms with Crippen LogP contribution in [0.1, 0.15) is 18.5 Å². The highest BCUT2D eigenvalue weighted by atomic mass is 79.9. The maximum atomic E-state index is 10.9. The minimum Gasteiger partial charge on any atom is -0.480 e. The van der Waals surface area contributed by atoms with Crippen LogP contribution in [0.5, 0.6) is 0 Å². The number of hydrogen-bond donors (Lipinski definition) is 1. The third-order valence-electron chi connectivity index (χ3n) is 2.82. The molecule has 100 valence electrons. The third-order valence-corrected chi connectivity index (χ3v) is 3.35. The molecule has 1 unspecified atom stereocenters. The molecule has 1 rings (SSSR count). The number of nitrogens with zero attached hydrogens (tertiary/aromatic N) is 1. The fourth-order valence-electron chi connectivity index (χ4n) is 1.74. The number of halogens is 1. The van der Waals surface area contributed by atoms with Crippen molar-refractivity contribution >= 4 is 21.9 Å². The Morgan fingerprint density at radius 2 is 2.06 bits per heavy atom. The normalized spacial score (nSPS) is 12.7. The zero-order valence-electron chi connectivity index (χ0n) is 10.6. The molecule has 1 aromatic carbocycles. The summed E-state index contributed by atoms with van der Waals surface area (Å²) in [5.41, 5.74) is 1.09. The van der Waals surface area contributed by atoms with Gasteiger partial charge in [-0.25, -0.2) is 0 Å². The van der Waals surface area contributed by atoms with Crippen LogP contribution in [-0.2, 0) is 9.53 Å². The number of carboxylic acids is 1. The van der Waals surface area contributed by atoms with Gasteiger partial charge in [-0.15, -0.1) is 0 Å². The number of benzene rings is 1. The molecule has 1 atom stereocenters. The van der Waals surface area contributed by atoms with E-state index in [1.54, 1.807) is 7.11 Å². The van der Waals surface area contributed by atoms with E-state index in [-0.39, 0.29) is 12.6 Å². The van der Waals surface area contributed by atoms with Crippen LogP contribution in [0.15, 0.2) is 28.7 Å². The van der Waals surface area contributed by atoms with Gasteiger partial charge >= 0.3 is 5.97 Å². The van der Waals surface area contributed by atoms with Gasteiger partial charge in [0.1, 0.15) is 0 Å². The first kappa shape index (κ1) is 15.1. The Morgan fingerprint density at radius 3 is 2.56 bits per heavy atom. The van der Waals surface area contributed by atoms with Crippen LogP contribution >= 0.6 is 15.9 Å². The first-order valence-corrected chi connectivity index (χ1v) is 6.54. The van der Waals surface area contributed by atoms with E-state index in [0.29, 0.717) is 13.2 Å². The topological polar surface area (TPSA) is 49.8 Å². The van der Waals surface area contributed by atoms with Crippen molar-refractivity contribution in [3.63, 3.8) is 0 Å². The predicted molar refractivity (Wildman–Crippen MR) is 73.6 cm³/mol. The van der Waals surface area contributed by atoms with E-state index in [1.807, 2.05) is 36.1 Å². The molecule has 5 heteroatoms. The van der Waals surface area contributed by atoms with Gasteiger partial charge < -0.3 is 9.84 Å². The van der Waals surface area contributed by atoms with Crippen LogP contribution in [0.25, 0.3) is 0 Å². The standard InChI is InChI=1S/C13H18BrNO3/c1-10(11-3-5-12(14)6-4-11)15(7-8-18-2)9-13(16)17/h3-6,10H,7-9H2,1-2H3,(H,16,17). The van der Waals surface area contributed by atoms with Crippen molar-refractivity contribution in [2.45, 2.75) is 13.0 Å². The molecule has 0 aliphatic rings. The second-order valence-corrected chi connectivity index (χ2v) is 5.00. The number of carboxylic acid groups (broad SMARTS) is 1. The van der Waals surface area contributed by atoms with Crippen molar-refractivity contribution in [2.24, 2.45) is 0 Å². The molecule has 0 fully saturated rings. The SMILES string of the molecule is COCCN(CC(=O)O)C(C)c1ccc(Br)cc1. The van der Waals surface area contributed by atoms with E-state index in [9.17, 15) is 4.79 Å². The summed E-state index contributed by atoms with van der Waals surface area (Å²) < 4.78 is 6.03. The van der Waals surface area contributed by atoms with Crippen molar-refractivity contribution in [1.82, 2.24) is 4.90 Å². The Balaban J connectivity index is 2.76. The van der Waals surface area contributed by atoms with E-state index in [4.69, 9.17) is 9.84 Å². The van der Waals surface area contributed by atoms with Gasteiger partial charge in [-0.2, -0.15) is 0 Å². The Kier molecular flexibility index (Phi) is 6.32. The number of methoxy groups -OCH3 is 1. The molecule has 0 aliphatic heterocycles. The van der Waals surface area contributed by atoms with Crippen molar-refractivity contribution in [1.29, 1.82) is 0 Å². The average molecular weight is 316 g/mol. The summed E-state index contributed by atoms with van der Waals surface area (Å²) in [6, 6.07) is 7.96. The minimum absolute atomic E-state index is 0.0145. The Hall–Kier alpha value is -0.910. The lowest BCUT2D eigenvalue weighted by Crippen LogP contribution is -2.34. The van der Waals surface area contributed by atoms with Crippen LogP contribution in [0, 0.1) is 0 Å². The molecule has 1 aromatic rings. The van der Waals surface area contributed by atoms with Crippen LogP contribution < -0.4 is 0 Å². The van der Waals surface area contributed by atoms with Crippen molar-refractivity contribution in [3.05, 3.63) is 34.3 Å². The number of hydrogen-bond acceptors (Lipinski definition) is 3. The average Bonchev–Trinajstić information content (AvgIpc) is 2.34. The molecule has 0 aromatic heterocycles. The predicted octanol–water partition coefficient (Wildman–Crippen LogP) is 2.54. The van der Waals surface area contributed by atoms with Crippen LogP contribution in [0.4, 0.5) is 0 Å². The molecular weight excluding hydrogens is 298 g/mol. The maximum absolute atomic E-state index is 10.9. The van der Waals surface area contributed by atoms with E-state index >= 15 is 0 Å². The fraction of sp³-hybridized carbons (Fsp3) is 0.462. The highest BCUT2D eigenvalue weighted by Gasteiger charge is 2.18. The number of carbonyl (C=O) groups is 1. The van der Waals surface area contributed by atoms with Gasteiger partial charge in [-0.1, -0.05) is 28.1 Å². The summed E-state index contributed by atoms with van der Waals surface area (Å²) in [6.07, 6.45) is 0. The lowest BCUT2D eigenvalue weighted by atomic mass is 10.1. The van der Waals surface area contributed by atoms with E-state index in [2.05, 4.69) is 15.9 Å². The molecule has 0 saturated heterocycles. The molecule has 0 aliphatic carbocycles. The molecule has 0 heterocycles. The third kappa shape index (κ3) is 4.76. The van der Waals surface area contributed by atoms with Gasteiger partial charge in [-0.05, 0) is 24.6 Å². The van der Waals surface area contributed by atoms with E-state index < -0.39 is 5.97 Å². The smallest absolute Gasteiger partial charge is 0.317 e. The van der Waals surface area contributed by atoms with Crippen molar-refractivity contribution in [2.75, 3.05) is 26.8 Å². The fourth-order valence-corrected chi connectivity index (χ4v) is 2.01. The van der Waals surface area contributed by atoms with Crippen LogP contribution in [-0.4, -0.2) is 42.8 Å². The molecule has 18 heavy (non-hydrogen) atoms. The summed E-state index contributed by atoms with van der Waals surface area (Å²) >= 11 is 3.39. The van der Waals surface area contributed by atoms with Gasteiger partial charge in [0.05, 0.1) is 13.2 Å². The largest absolute Gasteiger partial charge is 0.480 e. The molecular formula is C13H18BrNO3. The molecule has 0 radical (unpaired) electrons. The first-order chi connectivity index (χ1) is 8.54. The first-order valence-electron chi connectivity index (χ1n) is 5.75. The van der Waals surface area contributed by atoms with Crippen molar-refractivity contribution < 1.29 is 14.6 Å². The van der Waals surface area contributed by atoms with Gasteiger partial charge in [0.2, 0.25) is 0 Å². The quantitative estimate of drug-likeness (QED) is 0.840.